The number of nitrogens with zero attached hydrogens (tertiary/aromatic N) is 2. The van der Waals surface area contributed by atoms with E-state index in [4.69, 9.17) is 4.74 Å². The van der Waals surface area contributed by atoms with Crippen LogP contribution in [-0.4, -0.2) is 58.0 Å². The average Bonchev–Trinajstić information content (AvgIpc) is 2.80. The van der Waals surface area contributed by atoms with Crippen LogP contribution in [0.2, 0.25) is 0 Å². The summed E-state index contributed by atoms with van der Waals surface area (Å²) in [6.07, 6.45) is 3.21. The largest absolute Gasteiger partial charge is 0.379 e. The molecule has 2 aliphatic heterocycles. The van der Waals surface area contributed by atoms with Crippen molar-refractivity contribution in [3.8, 4) is 0 Å². The number of benzene rings is 2. The molecule has 0 radical (unpaired) electrons. The highest BCUT2D eigenvalue weighted by atomic mass is 32.2. The molecule has 9 heteroatoms. The second-order valence-corrected chi connectivity index (χ2v) is 9.65. The number of nitrogens with one attached hydrogen (secondary N) is 1. The van der Waals surface area contributed by atoms with Gasteiger partial charge in [0.25, 0.3) is 5.91 Å². The molecule has 2 saturated heterocycles. The molecule has 1 N–H and O–H groups in total. The van der Waals surface area contributed by atoms with Crippen molar-refractivity contribution in [2.45, 2.75) is 24.2 Å². The van der Waals surface area contributed by atoms with Gasteiger partial charge in [0.2, 0.25) is 10.0 Å². The number of morpholine rings is 1. The lowest BCUT2D eigenvalue weighted by Crippen LogP contribution is -2.40. The summed E-state index contributed by atoms with van der Waals surface area (Å²) in [6, 6.07) is 10.3. The minimum Gasteiger partial charge on any atom is -0.379 e. The lowest BCUT2D eigenvalue weighted by molar-refractivity contribution is 0.0730. The van der Waals surface area contributed by atoms with Crippen LogP contribution in [0.1, 0.15) is 29.6 Å². The van der Waals surface area contributed by atoms with Gasteiger partial charge in [-0.15, -0.1) is 0 Å². The Morgan fingerprint density at radius 3 is 2.42 bits per heavy atom. The van der Waals surface area contributed by atoms with Crippen LogP contribution in [0.5, 0.6) is 0 Å². The number of carbonyl (C=O) groups is 1. The van der Waals surface area contributed by atoms with Gasteiger partial charge in [-0.25, -0.2) is 12.8 Å². The van der Waals surface area contributed by atoms with Gasteiger partial charge in [0, 0.05) is 31.7 Å². The van der Waals surface area contributed by atoms with E-state index < -0.39 is 21.7 Å². The van der Waals surface area contributed by atoms with Crippen molar-refractivity contribution in [2.75, 3.05) is 49.6 Å². The van der Waals surface area contributed by atoms with Crippen molar-refractivity contribution in [3.63, 3.8) is 0 Å². The summed E-state index contributed by atoms with van der Waals surface area (Å²) in [5.74, 6) is -0.994. The minimum atomic E-state index is -3.72. The van der Waals surface area contributed by atoms with Gasteiger partial charge < -0.3 is 15.0 Å². The molecule has 2 aromatic rings. The number of rotatable bonds is 5. The van der Waals surface area contributed by atoms with Crippen molar-refractivity contribution < 1.29 is 22.3 Å². The molecule has 2 heterocycles. The number of piperidine rings is 1. The van der Waals surface area contributed by atoms with Crippen LogP contribution in [0.3, 0.4) is 0 Å². The minimum absolute atomic E-state index is 0.115. The van der Waals surface area contributed by atoms with E-state index in [2.05, 4.69) is 10.2 Å². The molecule has 7 nitrogen and oxygen atoms in total. The molecule has 31 heavy (non-hydrogen) atoms. The van der Waals surface area contributed by atoms with Crippen LogP contribution < -0.4 is 10.2 Å². The predicted molar refractivity (Wildman–Crippen MR) is 116 cm³/mol. The van der Waals surface area contributed by atoms with E-state index in [-0.39, 0.29) is 10.5 Å². The van der Waals surface area contributed by atoms with E-state index in [0.717, 1.165) is 44.1 Å². The third kappa shape index (κ3) is 4.89. The maximum atomic E-state index is 13.6. The summed E-state index contributed by atoms with van der Waals surface area (Å²) < 4.78 is 46.5. The van der Waals surface area contributed by atoms with Crippen molar-refractivity contribution in [2.24, 2.45) is 0 Å². The van der Waals surface area contributed by atoms with Crippen LogP contribution in [0.4, 0.5) is 15.8 Å². The summed E-state index contributed by atoms with van der Waals surface area (Å²) in [7, 11) is -3.72. The third-order valence-corrected chi connectivity index (χ3v) is 7.50. The Hall–Kier alpha value is -2.49. The number of ether oxygens (including phenoxy) is 1. The average molecular weight is 448 g/mol. The highest BCUT2D eigenvalue weighted by Crippen LogP contribution is 2.32. The molecule has 1 amide bonds. The van der Waals surface area contributed by atoms with Gasteiger partial charge in [-0.2, -0.15) is 4.31 Å². The molecule has 0 saturated carbocycles. The lowest BCUT2D eigenvalue weighted by atomic mass is 10.1. The highest BCUT2D eigenvalue weighted by Gasteiger charge is 2.28. The fourth-order valence-corrected chi connectivity index (χ4v) is 5.38. The second-order valence-electron chi connectivity index (χ2n) is 7.71. The predicted octanol–water partition coefficient (Wildman–Crippen LogP) is 3.09. The molecule has 166 valence electrons. The summed E-state index contributed by atoms with van der Waals surface area (Å²) >= 11 is 0. The molecule has 0 bridgehead atoms. The van der Waals surface area contributed by atoms with E-state index >= 15 is 0 Å². The fourth-order valence-electron chi connectivity index (χ4n) is 3.95. The Labute approximate surface area is 181 Å². The van der Waals surface area contributed by atoms with Crippen LogP contribution in [0.25, 0.3) is 0 Å². The van der Waals surface area contributed by atoms with Gasteiger partial charge in [0.05, 0.1) is 29.5 Å². The number of sulfonamides is 1. The summed E-state index contributed by atoms with van der Waals surface area (Å²) in [5, 5.41) is 2.81. The first-order chi connectivity index (χ1) is 14.9. The molecule has 0 aromatic heterocycles. The molecular formula is C22H26FN3O4S. The summed E-state index contributed by atoms with van der Waals surface area (Å²) in [4.78, 5) is 15.1. The smallest absolute Gasteiger partial charge is 0.255 e. The number of amides is 1. The Balaban J connectivity index is 1.68. The van der Waals surface area contributed by atoms with E-state index in [0.29, 0.717) is 32.0 Å². The zero-order chi connectivity index (χ0) is 21.8. The van der Waals surface area contributed by atoms with Gasteiger partial charge in [-0.1, -0.05) is 6.07 Å². The standard InChI is InChI=1S/C22H26FN3O4S/c23-18-6-4-5-17(15-18)22(27)24-20-16-19(31(28,29)26-11-13-30-14-12-26)7-8-21(20)25-9-2-1-3-10-25/h4-8,15-16H,1-3,9-14H2,(H,24,27). The zero-order valence-corrected chi connectivity index (χ0v) is 18.0. The Bertz CT molecular complexity index is 1050. The van der Waals surface area contributed by atoms with Crippen molar-refractivity contribution in [1.29, 1.82) is 0 Å². The molecule has 0 spiro atoms. The molecule has 2 aromatic carbocycles. The number of hydrogen-bond acceptors (Lipinski definition) is 5. The number of halogens is 1. The van der Waals surface area contributed by atoms with Gasteiger partial charge in [0.15, 0.2) is 0 Å². The molecular weight excluding hydrogens is 421 g/mol. The normalized spacial score (nSPS) is 18.0. The van der Waals surface area contributed by atoms with Crippen molar-refractivity contribution in [3.05, 3.63) is 53.8 Å². The molecule has 0 atom stereocenters. The SMILES string of the molecule is O=C(Nc1cc(S(=O)(=O)N2CCOCC2)ccc1N1CCCCC1)c1cccc(F)c1. The van der Waals surface area contributed by atoms with E-state index in [9.17, 15) is 17.6 Å². The molecule has 4 rings (SSSR count). The second kappa shape index (κ2) is 9.33. The summed E-state index contributed by atoms with van der Waals surface area (Å²) in [5.41, 5.74) is 1.35. The van der Waals surface area contributed by atoms with Crippen LogP contribution >= 0.6 is 0 Å². The Morgan fingerprint density at radius 2 is 1.71 bits per heavy atom. The van der Waals surface area contributed by atoms with Gasteiger partial charge >= 0.3 is 0 Å². The molecule has 2 fully saturated rings. The van der Waals surface area contributed by atoms with Crippen LogP contribution in [0, 0.1) is 5.82 Å². The summed E-state index contributed by atoms with van der Waals surface area (Å²) in [6.45, 7) is 2.96. The fraction of sp³-hybridized carbons (Fsp3) is 0.409. The zero-order valence-electron chi connectivity index (χ0n) is 17.2. The number of anilines is 2. The first-order valence-electron chi connectivity index (χ1n) is 10.5. The molecule has 2 aliphatic rings. The van der Waals surface area contributed by atoms with Crippen molar-refractivity contribution >= 4 is 27.3 Å². The highest BCUT2D eigenvalue weighted by molar-refractivity contribution is 7.89. The number of carbonyl (C=O) groups excluding carboxylic acids is 1. The first kappa shape index (κ1) is 21.7. The van der Waals surface area contributed by atoms with E-state index in [1.165, 1.54) is 28.6 Å². The van der Waals surface area contributed by atoms with Gasteiger partial charge in [-0.05, 0) is 55.7 Å². The quantitative estimate of drug-likeness (QED) is 0.762. The number of hydrogen-bond donors (Lipinski definition) is 1. The van der Waals surface area contributed by atoms with Crippen LogP contribution in [0.15, 0.2) is 47.4 Å². The maximum Gasteiger partial charge on any atom is 0.255 e. The van der Waals surface area contributed by atoms with E-state index in [1.807, 2.05) is 0 Å². The Morgan fingerprint density at radius 1 is 0.968 bits per heavy atom. The first-order valence-corrected chi connectivity index (χ1v) is 11.9. The van der Waals surface area contributed by atoms with Crippen molar-refractivity contribution in [1.82, 2.24) is 4.31 Å². The van der Waals surface area contributed by atoms with Gasteiger partial charge in [-0.3, -0.25) is 4.79 Å². The van der Waals surface area contributed by atoms with Gasteiger partial charge in [0.1, 0.15) is 5.82 Å². The topological polar surface area (TPSA) is 79.0 Å². The Kier molecular flexibility index (Phi) is 6.54. The lowest BCUT2D eigenvalue weighted by Gasteiger charge is -2.31. The maximum absolute atomic E-state index is 13.6. The molecule has 0 unspecified atom stereocenters. The molecule has 0 aliphatic carbocycles. The van der Waals surface area contributed by atoms with E-state index in [1.54, 1.807) is 12.1 Å². The van der Waals surface area contributed by atoms with Crippen LogP contribution in [-0.2, 0) is 14.8 Å². The third-order valence-electron chi connectivity index (χ3n) is 5.61. The monoisotopic (exact) mass is 447 g/mol.